The van der Waals surface area contributed by atoms with Gasteiger partial charge in [0.25, 0.3) is 0 Å². The highest BCUT2D eigenvalue weighted by Crippen LogP contribution is 2.47. The van der Waals surface area contributed by atoms with Crippen molar-refractivity contribution < 1.29 is 18.6 Å². The summed E-state index contributed by atoms with van der Waals surface area (Å²) < 4.78 is 20.6. The Morgan fingerprint density at radius 3 is 1.74 bits per heavy atom. The molecule has 6 heteroatoms. The Labute approximate surface area is 111 Å². The quantitative estimate of drug-likeness (QED) is 0.649. The maximum atomic E-state index is 11.5. The SMILES string of the molecule is NOP(=O)(O)OC(c1ccccc1)c1ccccc1. The number of hydrogen-bond acceptors (Lipinski definition) is 4. The lowest BCUT2D eigenvalue weighted by atomic mass is 10.0. The van der Waals surface area contributed by atoms with Crippen LogP contribution < -0.4 is 5.90 Å². The van der Waals surface area contributed by atoms with E-state index >= 15 is 0 Å². The summed E-state index contributed by atoms with van der Waals surface area (Å²) in [4.78, 5) is 9.40. The Bertz CT molecular complexity index is 522. The fourth-order valence-corrected chi connectivity index (χ4v) is 2.29. The van der Waals surface area contributed by atoms with Gasteiger partial charge < -0.3 is 4.89 Å². The fraction of sp³-hybridized carbons (Fsp3) is 0.0769. The smallest absolute Gasteiger partial charge is 0.301 e. The Hall–Kier alpha value is -1.49. The minimum absolute atomic E-state index is 0.721. The van der Waals surface area contributed by atoms with Gasteiger partial charge in [-0.3, -0.25) is 4.52 Å². The van der Waals surface area contributed by atoms with Crippen molar-refractivity contribution >= 4 is 7.82 Å². The molecule has 1 atom stereocenters. The van der Waals surface area contributed by atoms with Crippen molar-refractivity contribution in [3.05, 3.63) is 71.8 Å². The standard InChI is InChI=1S/C13H14NO4P/c14-18-19(15,16)17-13(11-7-3-1-4-8-11)12-9-5-2-6-10-12/h1-10,13H,14H2,(H,15,16). The second-order valence-electron chi connectivity index (χ2n) is 3.88. The van der Waals surface area contributed by atoms with Gasteiger partial charge in [0.05, 0.1) is 0 Å². The normalized spacial score (nSPS) is 14.3. The largest absolute Gasteiger partial charge is 0.489 e. The van der Waals surface area contributed by atoms with Crippen molar-refractivity contribution in [1.82, 2.24) is 0 Å². The molecule has 0 heterocycles. The summed E-state index contributed by atoms with van der Waals surface area (Å²) in [5.41, 5.74) is 1.47. The molecule has 3 N–H and O–H groups in total. The molecule has 0 saturated carbocycles. The lowest BCUT2D eigenvalue weighted by molar-refractivity contribution is 0.122. The Morgan fingerprint density at radius 2 is 1.37 bits per heavy atom. The Balaban J connectivity index is 2.37. The van der Waals surface area contributed by atoms with Gasteiger partial charge in [0.15, 0.2) is 0 Å². The van der Waals surface area contributed by atoms with Crippen molar-refractivity contribution in [1.29, 1.82) is 0 Å². The molecule has 5 nitrogen and oxygen atoms in total. The summed E-state index contributed by atoms with van der Waals surface area (Å²) in [5.74, 6) is 4.77. The third-order valence-electron chi connectivity index (χ3n) is 2.58. The van der Waals surface area contributed by atoms with Crippen LogP contribution in [0.5, 0.6) is 0 Å². The maximum Gasteiger partial charge on any atom is 0.489 e. The number of phosphoric ester groups is 1. The van der Waals surface area contributed by atoms with Crippen LogP contribution in [0.3, 0.4) is 0 Å². The topological polar surface area (TPSA) is 81.8 Å². The van der Waals surface area contributed by atoms with Gasteiger partial charge in [-0.2, -0.15) is 0 Å². The molecule has 0 aromatic heterocycles. The van der Waals surface area contributed by atoms with E-state index in [1.54, 1.807) is 24.3 Å². The molecular formula is C13H14NO4P. The minimum Gasteiger partial charge on any atom is -0.301 e. The van der Waals surface area contributed by atoms with E-state index in [2.05, 4.69) is 4.62 Å². The zero-order valence-corrected chi connectivity index (χ0v) is 10.9. The molecule has 0 bridgehead atoms. The number of rotatable bonds is 5. The molecule has 0 amide bonds. The fourth-order valence-electron chi connectivity index (χ4n) is 1.73. The molecule has 0 aliphatic rings. The van der Waals surface area contributed by atoms with Crippen LogP contribution in [0, 0.1) is 0 Å². The first kappa shape index (κ1) is 13.9. The van der Waals surface area contributed by atoms with Crippen LogP contribution in [-0.2, 0) is 13.7 Å². The third-order valence-corrected chi connectivity index (χ3v) is 3.32. The predicted octanol–water partition coefficient (Wildman–Crippen LogP) is 2.78. The van der Waals surface area contributed by atoms with Gasteiger partial charge >= 0.3 is 7.82 Å². The van der Waals surface area contributed by atoms with Crippen LogP contribution >= 0.6 is 7.82 Å². The van der Waals surface area contributed by atoms with Crippen LogP contribution in [0.2, 0.25) is 0 Å². The zero-order valence-electron chi connectivity index (χ0n) is 10.0. The summed E-state index contributed by atoms with van der Waals surface area (Å²) >= 11 is 0. The van der Waals surface area contributed by atoms with E-state index in [1.165, 1.54) is 0 Å². The summed E-state index contributed by atoms with van der Waals surface area (Å²) in [5, 5.41) is 0. The molecular weight excluding hydrogens is 265 g/mol. The summed E-state index contributed by atoms with van der Waals surface area (Å²) in [6.07, 6.45) is -0.721. The molecule has 0 aliphatic heterocycles. The first-order chi connectivity index (χ1) is 9.12. The van der Waals surface area contributed by atoms with Gasteiger partial charge in [-0.25, -0.2) is 15.1 Å². The van der Waals surface area contributed by atoms with E-state index in [-0.39, 0.29) is 0 Å². The van der Waals surface area contributed by atoms with E-state index in [4.69, 9.17) is 10.4 Å². The molecule has 2 aromatic rings. The Morgan fingerprint density at radius 1 is 0.947 bits per heavy atom. The zero-order chi connectivity index (χ0) is 13.7. The van der Waals surface area contributed by atoms with Gasteiger partial charge in [-0.1, -0.05) is 60.7 Å². The Kier molecular flexibility index (Phi) is 4.47. The highest BCUT2D eigenvalue weighted by atomic mass is 31.2. The molecule has 0 fully saturated rings. The van der Waals surface area contributed by atoms with E-state index in [9.17, 15) is 9.46 Å². The summed E-state index contributed by atoms with van der Waals surface area (Å²) in [7, 11) is -4.28. The third kappa shape index (κ3) is 3.73. The van der Waals surface area contributed by atoms with Crippen LogP contribution in [0.25, 0.3) is 0 Å². The molecule has 0 spiro atoms. The number of nitrogens with two attached hydrogens (primary N) is 1. The van der Waals surface area contributed by atoms with Crippen LogP contribution in [0.1, 0.15) is 17.2 Å². The first-order valence-corrected chi connectivity index (χ1v) is 7.11. The van der Waals surface area contributed by atoms with Crippen LogP contribution in [0.15, 0.2) is 60.7 Å². The maximum absolute atomic E-state index is 11.5. The second-order valence-corrected chi connectivity index (χ2v) is 5.24. The highest BCUT2D eigenvalue weighted by Gasteiger charge is 2.28. The summed E-state index contributed by atoms with van der Waals surface area (Å²) in [6, 6.07) is 18.2. The van der Waals surface area contributed by atoms with Gasteiger partial charge in [-0.15, -0.1) is 0 Å². The van der Waals surface area contributed by atoms with Gasteiger partial charge in [0.2, 0.25) is 0 Å². The molecule has 100 valence electrons. The molecule has 2 aromatic carbocycles. The number of phosphoric acid groups is 1. The molecule has 0 radical (unpaired) electrons. The van der Waals surface area contributed by atoms with Crippen molar-refractivity contribution in [2.75, 3.05) is 0 Å². The second kappa shape index (κ2) is 6.10. The van der Waals surface area contributed by atoms with Crippen LogP contribution in [0.4, 0.5) is 0 Å². The van der Waals surface area contributed by atoms with Gasteiger partial charge in [0, 0.05) is 0 Å². The average Bonchev–Trinajstić information content (AvgIpc) is 2.47. The predicted molar refractivity (Wildman–Crippen MR) is 70.9 cm³/mol. The molecule has 1 unspecified atom stereocenters. The average molecular weight is 279 g/mol. The molecule has 0 saturated heterocycles. The summed E-state index contributed by atoms with van der Waals surface area (Å²) in [6.45, 7) is 0. The van der Waals surface area contributed by atoms with E-state index in [0.29, 0.717) is 0 Å². The lowest BCUT2D eigenvalue weighted by Crippen LogP contribution is -2.08. The van der Waals surface area contributed by atoms with Crippen molar-refractivity contribution in [3.8, 4) is 0 Å². The minimum atomic E-state index is -4.28. The molecule has 19 heavy (non-hydrogen) atoms. The first-order valence-electron chi connectivity index (χ1n) is 5.62. The number of hydrogen-bond donors (Lipinski definition) is 2. The highest BCUT2D eigenvalue weighted by molar-refractivity contribution is 7.47. The van der Waals surface area contributed by atoms with E-state index < -0.39 is 13.9 Å². The lowest BCUT2D eigenvalue weighted by Gasteiger charge is -2.20. The van der Waals surface area contributed by atoms with Crippen molar-refractivity contribution in [3.63, 3.8) is 0 Å². The van der Waals surface area contributed by atoms with Crippen molar-refractivity contribution in [2.45, 2.75) is 6.10 Å². The molecule has 2 rings (SSSR count). The van der Waals surface area contributed by atoms with Gasteiger partial charge in [-0.05, 0) is 11.1 Å². The monoisotopic (exact) mass is 279 g/mol. The van der Waals surface area contributed by atoms with E-state index in [1.807, 2.05) is 36.4 Å². The number of benzene rings is 2. The van der Waals surface area contributed by atoms with Crippen molar-refractivity contribution in [2.24, 2.45) is 5.90 Å². The van der Waals surface area contributed by atoms with Crippen LogP contribution in [-0.4, -0.2) is 4.89 Å². The van der Waals surface area contributed by atoms with E-state index in [0.717, 1.165) is 11.1 Å². The van der Waals surface area contributed by atoms with Gasteiger partial charge in [0.1, 0.15) is 6.10 Å². The molecule has 0 aliphatic carbocycles.